The highest BCUT2D eigenvalue weighted by Crippen LogP contribution is 2.12. The van der Waals surface area contributed by atoms with Crippen molar-refractivity contribution in [2.75, 3.05) is 12.3 Å². The summed E-state index contributed by atoms with van der Waals surface area (Å²) in [6.45, 7) is 3.98. The second kappa shape index (κ2) is 7.92. The summed E-state index contributed by atoms with van der Waals surface area (Å²) >= 11 is 0. The molecule has 1 aromatic heterocycles. The molecule has 0 saturated carbocycles. The average Bonchev–Trinajstić information content (AvgIpc) is 2.32. The van der Waals surface area contributed by atoms with E-state index >= 15 is 0 Å². The molecule has 0 radical (unpaired) electrons. The van der Waals surface area contributed by atoms with E-state index < -0.39 is 21.4 Å². The molecular formula is C11H17FN2O2S. The zero-order chi connectivity index (χ0) is 13.3. The maximum Gasteiger partial charge on any atom is 0.186 e. The van der Waals surface area contributed by atoms with Gasteiger partial charge in [-0.25, -0.2) is 12.8 Å². The smallest absolute Gasteiger partial charge is 0.186 e. The van der Waals surface area contributed by atoms with Crippen molar-refractivity contribution in [2.24, 2.45) is 5.73 Å². The number of hydrogen-bond donors (Lipinski definition) is 1. The fourth-order valence-corrected chi connectivity index (χ4v) is 2.14. The Morgan fingerprint density at radius 3 is 2.65 bits per heavy atom. The van der Waals surface area contributed by atoms with E-state index in [4.69, 9.17) is 5.73 Å². The van der Waals surface area contributed by atoms with Gasteiger partial charge in [0.15, 0.2) is 9.84 Å². The van der Waals surface area contributed by atoms with Gasteiger partial charge in [-0.2, -0.15) is 0 Å². The Bertz CT molecular complexity index is 444. The Hall–Kier alpha value is -1.27. The number of nitrogens with zero attached hydrogens (tertiary/aromatic N) is 1. The molecule has 2 N–H and O–H groups in total. The minimum atomic E-state index is -3.64. The minimum Gasteiger partial charge on any atom is -0.327 e. The SMILES string of the molecule is CC.NC/C=C(\F)CS(=O)(=O)c1cccnc1. The molecule has 1 heterocycles. The predicted octanol–water partition coefficient (Wildman–Crippen LogP) is 1.69. The van der Waals surface area contributed by atoms with E-state index in [1.54, 1.807) is 0 Å². The van der Waals surface area contributed by atoms with E-state index in [-0.39, 0.29) is 11.4 Å². The quantitative estimate of drug-likeness (QED) is 0.894. The van der Waals surface area contributed by atoms with Crippen LogP contribution < -0.4 is 5.73 Å². The van der Waals surface area contributed by atoms with Crippen LogP contribution in [0.5, 0.6) is 0 Å². The third-order valence-electron chi connectivity index (χ3n) is 1.66. The van der Waals surface area contributed by atoms with Crippen LogP contribution in [-0.4, -0.2) is 25.7 Å². The van der Waals surface area contributed by atoms with Gasteiger partial charge in [0.2, 0.25) is 0 Å². The van der Waals surface area contributed by atoms with Gasteiger partial charge in [-0.15, -0.1) is 0 Å². The molecule has 0 bridgehead atoms. The molecule has 1 aromatic rings. The number of nitrogens with two attached hydrogens (primary N) is 1. The van der Waals surface area contributed by atoms with Gasteiger partial charge in [-0.1, -0.05) is 13.8 Å². The lowest BCUT2D eigenvalue weighted by atomic mass is 10.5. The Kier molecular flexibility index (Phi) is 7.32. The molecule has 96 valence electrons. The normalized spacial score (nSPS) is 11.6. The third-order valence-corrected chi connectivity index (χ3v) is 3.28. The van der Waals surface area contributed by atoms with Gasteiger partial charge in [0, 0.05) is 18.9 Å². The fourth-order valence-electron chi connectivity index (χ4n) is 0.983. The highest BCUT2D eigenvalue weighted by Gasteiger charge is 2.16. The average molecular weight is 260 g/mol. The van der Waals surface area contributed by atoms with Crippen LogP contribution in [-0.2, 0) is 9.84 Å². The number of rotatable bonds is 4. The molecule has 0 fully saturated rings. The first kappa shape index (κ1) is 15.7. The van der Waals surface area contributed by atoms with Crippen LogP contribution in [0, 0.1) is 0 Å². The van der Waals surface area contributed by atoms with Gasteiger partial charge < -0.3 is 5.73 Å². The summed E-state index contributed by atoms with van der Waals surface area (Å²) in [6, 6.07) is 2.86. The molecule has 0 aliphatic carbocycles. The summed E-state index contributed by atoms with van der Waals surface area (Å²) in [5.74, 6) is -1.42. The molecule has 0 saturated heterocycles. The van der Waals surface area contributed by atoms with Crippen molar-refractivity contribution in [1.82, 2.24) is 4.98 Å². The second-order valence-corrected chi connectivity index (χ2v) is 4.82. The largest absolute Gasteiger partial charge is 0.327 e. The topological polar surface area (TPSA) is 73.1 Å². The molecular weight excluding hydrogens is 243 g/mol. The molecule has 0 unspecified atom stereocenters. The lowest BCUT2D eigenvalue weighted by Gasteiger charge is -2.01. The fraction of sp³-hybridized carbons (Fsp3) is 0.364. The Labute approximate surface area is 101 Å². The molecule has 0 aliphatic heterocycles. The van der Waals surface area contributed by atoms with Crippen molar-refractivity contribution < 1.29 is 12.8 Å². The molecule has 17 heavy (non-hydrogen) atoms. The lowest BCUT2D eigenvalue weighted by Crippen LogP contribution is -2.08. The first-order valence-corrected chi connectivity index (χ1v) is 6.89. The van der Waals surface area contributed by atoms with E-state index in [1.165, 1.54) is 24.5 Å². The lowest BCUT2D eigenvalue weighted by molar-refractivity contribution is 0.582. The Balaban J connectivity index is 0.00000121. The zero-order valence-corrected chi connectivity index (χ0v) is 10.7. The molecule has 0 spiro atoms. The van der Waals surface area contributed by atoms with E-state index in [9.17, 15) is 12.8 Å². The van der Waals surface area contributed by atoms with Gasteiger partial charge in [0.05, 0.1) is 4.90 Å². The summed E-state index contributed by atoms with van der Waals surface area (Å²) < 4.78 is 36.1. The van der Waals surface area contributed by atoms with Crippen molar-refractivity contribution in [2.45, 2.75) is 18.7 Å². The highest BCUT2D eigenvalue weighted by molar-refractivity contribution is 7.91. The number of sulfone groups is 1. The van der Waals surface area contributed by atoms with E-state index in [0.29, 0.717) is 0 Å². The standard InChI is InChI=1S/C9H11FN2O2S.C2H6/c10-8(3-4-11)7-15(13,14)9-2-1-5-12-6-9;1-2/h1-3,5-6H,4,7,11H2;1-2H3/b8-3-;. The monoisotopic (exact) mass is 260 g/mol. The Morgan fingerprint density at radius 1 is 1.53 bits per heavy atom. The minimum absolute atomic E-state index is 0.00516. The van der Waals surface area contributed by atoms with Gasteiger partial charge in [-0.05, 0) is 18.2 Å². The maximum atomic E-state index is 13.0. The summed E-state index contributed by atoms with van der Waals surface area (Å²) in [7, 11) is -3.64. The Morgan fingerprint density at radius 2 is 2.18 bits per heavy atom. The number of hydrogen-bond acceptors (Lipinski definition) is 4. The highest BCUT2D eigenvalue weighted by atomic mass is 32.2. The summed E-state index contributed by atoms with van der Waals surface area (Å²) in [4.78, 5) is 3.66. The first-order valence-electron chi connectivity index (χ1n) is 5.23. The van der Waals surface area contributed by atoms with E-state index in [2.05, 4.69) is 4.98 Å². The van der Waals surface area contributed by atoms with Gasteiger partial charge in [0.25, 0.3) is 0 Å². The summed E-state index contributed by atoms with van der Waals surface area (Å²) in [5.41, 5.74) is 5.06. The number of halogens is 1. The van der Waals surface area contributed by atoms with Crippen LogP contribution in [0.15, 0.2) is 41.3 Å². The van der Waals surface area contributed by atoms with E-state index in [0.717, 1.165) is 6.08 Å². The van der Waals surface area contributed by atoms with Gasteiger partial charge in [0.1, 0.15) is 11.6 Å². The van der Waals surface area contributed by atoms with Crippen LogP contribution in [0.2, 0.25) is 0 Å². The molecule has 0 aromatic carbocycles. The molecule has 4 nitrogen and oxygen atoms in total. The molecule has 6 heteroatoms. The van der Waals surface area contributed by atoms with Crippen LogP contribution in [0.3, 0.4) is 0 Å². The number of pyridine rings is 1. The molecule has 0 amide bonds. The van der Waals surface area contributed by atoms with Crippen molar-refractivity contribution in [3.63, 3.8) is 0 Å². The molecule has 1 rings (SSSR count). The number of aromatic nitrogens is 1. The molecule has 0 atom stereocenters. The van der Waals surface area contributed by atoms with E-state index in [1.807, 2.05) is 13.8 Å². The van der Waals surface area contributed by atoms with Crippen LogP contribution in [0.25, 0.3) is 0 Å². The predicted molar refractivity (Wildman–Crippen MR) is 65.9 cm³/mol. The van der Waals surface area contributed by atoms with Crippen LogP contribution in [0.1, 0.15) is 13.8 Å². The first-order chi connectivity index (χ1) is 8.06. The van der Waals surface area contributed by atoms with Crippen molar-refractivity contribution >= 4 is 9.84 Å². The summed E-state index contributed by atoms with van der Waals surface area (Å²) in [6.07, 6.45) is 3.67. The zero-order valence-electron chi connectivity index (χ0n) is 9.93. The van der Waals surface area contributed by atoms with Crippen molar-refractivity contribution in [1.29, 1.82) is 0 Å². The van der Waals surface area contributed by atoms with Crippen molar-refractivity contribution in [3.05, 3.63) is 36.4 Å². The third kappa shape index (κ3) is 5.55. The van der Waals surface area contributed by atoms with Crippen LogP contribution in [0.4, 0.5) is 4.39 Å². The second-order valence-electron chi connectivity index (χ2n) is 2.83. The summed E-state index contributed by atoms with van der Waals surface area (Å²) in [5, 5.41) is 0. The van der Waals surface area contributed by atoms with Crippen molar-refractivity contribution in [3.8, 4) is 0 Å². The maximum absolute atomic E-state index is 13.0. The molecule has 0 aliphatic rings. The van der Waals surface area contributed by atoms with Gasteiger partial charge >= 0.3 is 0 Å². The van der Waals surface area contributed by atoms with Crippen LogP contribution >= 0.6 is 0 Å². The van der Waals surface area contributed by atoms with Gasteiger partial charge in [-0.3, -0.25) is 4.98 Å².